The lowest BCUT2D eigenvalue weighted by Crippen LogP contribution is -2.46. The highest BCUT2D eigenvalue weighted by Crippen LogP contribution is 2.51. The third-order valence-corrected chi connectivity index (χ3v) is 20.3. The van der Waals surface area contributed by atoms with Crippen LogP contribution >= 0.6 is 6.49 Å². The summed E-state index contributed by atoms with van der Waals surface area (Å²) in [7, 11) is 0.862. The number of benzene rings is 3. The molecule has 0 radical (unpaired) electrons. The van der Waals surface area contributed by atoms with E-state index in [2.05, 4.69) is 68.0 Å². The predicted octanol–water partition coefficient (Wildman–Crippen LogP) is 8.38. The van der Waals surface area contributed by atoms with Gasteiger partial charge in [0.05, 0.1) is 46.0 Å². The van der Waals surface area contributed by atoms with Gasteiger partial charge in [0.25, 0.3) is 11.1 Å². The highest BCUT2D eigenvalue weighted by atomic mass is 32.5. The smallest absolute Gasteiger partial charge is 0.330 e. The summed E-state index contributed by atoms with van der Waals surface area (Å²) in [6.07, 6.45) is -0.368. The van der Waals surface area contributed by atoms with Crippen molar-refractivity contribution in [3.05, 3.63) is 145 Å². The molecule has 2 aliphatic heterocycles. The Hall–Kier alpha value is -5.28. The van der Waals surface area contributed by atoms with Gasteiger partial charge in [-0.2, -0.15) is 4.98 Å². The van der Waals surface area contributed by atoms with E-state index in [9.17, 15) is 14.4 Å². The fourth-order valence-corrected chi connectivity index (χ4v) is 12.0. The normalized spacial score (nSPS) is 21.4. The number of imidazole rings is 1. The monoisotopic (exact) mass is 1060 g/mol. The second kappa shape index (κ2) is 21.9. The average molecular weight is 1060 g/mol. The lowest BCUT2D eigenvalue weighted by Gasteiger charge is -2.39. The first kappa shape index (κ1) is 54.0. The molecule has 392 valence electrons. The van der Waals surface area contributed by atoms with Gasteiger partial charge in [0.1, 0.15) is 41.8 Å². The number of methoxy groups -OCH3 is 2. The molecule has 5 heterocycles. The summed E-state index contributed by atoms with van der Waals surface area (Å²) in [5.41, 5.74) is 0.701. The zero-order valence-corrected chi connectivity index (χ0v) is 46.1. The highest BCUT2D eigenvalue weighted by Gasteiger charge is 2.48. The Morgan fingerprint density at radius 3 is 1.99 bits per heavy atom. The number of aromatic amines is 2. The number of H-pyrrole nitrogens is 2. The maximum atomic E-state index is 13.4. The van der Waals surface area contributed by atoms with Crippen LogP contribution in [0.25, 0.3) is 11.2 Å². The lowest BCUT2D eigenvalue weighted by molar-refractivity contribution is -0.0922. The van der Waals surface area contributed by atoms with E-state index in [0.717, 1.165) is 16.7 Å². The van der Waals surface area contributed by atoms with E-state index in [1.54, 1.807) is 38.7 Å². The second-order valence-electron chi connectivity index (χ2n) is 20.7. The van der Waals surface area contributed by atoms with Crippen molar-refractivity contribution in [3.63, 3.8) is 0 Å². The molecule has 3 aromatic carbocycles. The SMILES string of the molecule is COc1ccc(C(OC[C@H]2O[C@@H](n3cc(C)c(=O)[nH]c3=O)C[C@@H]2OP(C)(=S)OC[C@H]2O[C@@H](n3cnc4c(=O)[nH]c(NCC(C)C)nc43)C[C@@H]2O[Si](C)(C)C(C)(C)C)(c2ccccc2)c2ccc(OC)cc2)cc1. The number of ether oxygens (including phenoxy) is 5. The van der Waals surface area contributed by atoms with Crippen molar-refractivity contribution in [3.8, 4) is 11.5 Å². The van der Waals surface area contributed by atoms with E-state index in [0.29, 0.717) is 47.5 Å². The molecule has 3 aromatic heterocycles. The van der Waals surface area contributed by atoms with Crippen molar-refractivity contribution < 1.29 is 37.2 Å². The van der Waals surface area contributed by atoms with Gasteiger partial charge in [-0.05, 0) is 83.7 Å². The summed E-state index contributed by atoms with van der Waals surface area (Å²) in [5, 5.41) is 3.10. The summed E-state index contributed by atoms with van der Waals surface area (Å²) in [6, 6.07) is 25.3. The summed E-state index contributed by atoms with van der Waals surface area (Å²) in [5.74, 6) is 2.02. The Balaban J connectivity index is 1.10. The quantitative estimate of drug-likeness (QED) is 0.0373. The molecule has 0 saturated carbocycles. The highest BCUT2D eigenvalue weighted by molar-refractivity contribution is 8.09. The molecule has 6 aromatic rings. The summed E-state index contributed by atoms with van der Waals surface area (Å²) in [4.78, 5) is 53.5. The fraction of sp³-hybridized carbons (Fsp3) is 0.481. The van der Waals surface area contributed by atoms with Crippen molar-refractivity contribution in [2.24, 2.45) is 5.92 Å². The third kappa shape index (κ3) is 11.8. The Labute approximate surface area is 431 Å². The number of aromatic nitrogens is 6. The maximum Gasteiger partial charge on any atom is 0.330 e. The van der Waals surface area contributed by atoms with E-state index in [1.807, 2.05) is 78.9 Å². The zero-order valence-electron chi connectivity index (χ0n) is 43.4. The first-order valence-electron chi connectivity index (χ1n) is 24.5. The van der Waals surface area contributed by atoms with Crippen LogP contribution in [-0.2, 0) is 45.1 Å². The Kier molecular flexibility index (Phi) is 16.2. The molecule has 21 heteroatoms. The van der Waals surface area contributed by atoms with E-state index >= 15 is 0 Å². The van der Waals surface area contributed by atoms with Gasteiger partial charge in [-0.1, -0.05) is 89.2 Å². The van der Waals surface area contributed by atoms with E-state index in [1.165, 1.54) is 10.8 Å². The zero-order chi connectivity index (χ0) is 52.5. The van der Waals surface area contributed by atoms with Gasteiger partial charge < -0.3 is 42.5 Å². The second-order valence-corrected chi connectivity index (χ2v) is 29.4. The number of anilines is 1. The van der Waals surface area contributed by atoms with Gasteiger partial charge in [-0.25, -0.2) is 9.78 Å². The Morgan fingerprint density at radius 1 is 0.822 bits per heavy atom. The van der Waals surface area contributed by atoms with Crippen LogP contribution in [0.1, 0.15) is 82.2 Å². The van der Waals surface area contributed by atoms with Crippen LogP contribution in [0.15, 0.2) is 106 Å². The van der Waals surface area contributed by atoms with Crippen LogP contribution in [0.3, 0.4) is 0 Å². The van der Waals surface area contributed by atoms with E-state index in [4.69, 9.17) is 53.9 Å². The van der Waals surface area contributed by atoms with Crippen LogP contribution in [0, 0.1) is 12.8 Å². The number of fused-ring (bicyclic) bond motifs is 1. The molecule has 0 aliphatic carbocycles. The molecule has 7 atom stereocenters. The molecular weight excluding hydrogens is 990 g/mol. The van der Waals surface area contributed by atoms with E-state index < -0.39 is 68.5 Å². The van der Waals surface area contributed by atoms with Crippen molar-refractivity contribution in [1.82, 2.24) is 29.1 Å². The van der Waals surface area contributed by atoms with Crippen LogP contribution in [-0.4, -0.2) is 102 Å². The largest absolute Gasteiger partial charge is 0.497 e. The molecule has 1 unspecified atom stereocenters. The molecule has 2 aliphatic rings. The molecule has 2 saturated heterocycles. The maximum absolute atomic E-state index is 13.4. The minimum Gasteiger partial charge on any atom is -0.497 e. The standard InChI is InChI=1S/C52H68N7O11PSSi/c1-32(2)27-53-49-55-46-45(48(61)56-49)54-31-59(46)44-26-40(70-73(10,11)51(4,5)6)42(68-44)30-66-71(9,72)69-39-25-43(58-28-33(3)47(60)57-50(58)62)67-41(39)29-65-52(34-15-13-12-14-16-34,35-17-21-37(63-7)22-18-35)36-19-23-38(64-8)24-20-36/h12-24,28,31-32,39-44H,25-27,29-30H2,1-11H3,(H,57,60,62)(H2,53,55,56,61)/t39-,40-,41+,42+,43+,44+,71?/m0/s1. The van der Waals surface area contributed by atoms with Crippen LogP contribution in [0.2, 0.25) is 18.1 Å². The van der Waals surface area contributed by atoms with E-state index in [-0.39, 0.29) is 35.7 Å². The average Bonchev–Trinajstić information content (AvgIpc) is 4.08. The summed E-state index contributed by atoms with van der Waals surface area (Å²) < 4.78 is 55.8. The van der Waals surface area contributed by atoms with Gasteiger partial charge in [0.2, 0.25) is 5.95 Å². The first-order valence-corrected chi connectivity index (χ1v) is 30.5. The predicted molar refractivity (Wildman–Crippen MR) is 286 cm³/mol. The van der Waals surface area contributed by atoms with Gasteiger partial charge in [-0.3, -0.25) is 28.7 Å². The Bertz CT molecular complexity index is 3040. The van der Waals surface area contributed by atoms with Crippen molar-refractivity contribution in [2.45, 2.75) is 115 Å². The van der Waals surface area contributed by atoms with Crippen molar-refractivity contribution in [1.29, 1.82) is 0 Å². The molecule has 0 bridgehead atoms. The van der Waals surface area contributed by atoms with Gasteiger partial charge in [-0.15, -0.1) is 0 Å². The first-order chi connectivity index (χ1) is 34.6. The number of hydrogen-bond donors (Lipinski definition) is 3. The van der Waals surface area contributed by atoms with Gasteiger partial charge in [0.15, 0.2) is 26.0 Å². The number of nitrogens with one attached hydrogen (secondary N) is 3. The molecule has 2 fully saturated rings. The lowest BCUT2D eigenvalue weighted by atomic mass is 9.80. The van der Waals surface area contributed by atoms with Gasteiger partial charge in [0, 0.05) is 37.8 Å². The number of aryl methyl sites for hydroxylation is 1. The molecule has 18 nitrogen and oxygen atoms in total. The fourth-order valence-electron chi connectivity index (χ4n) is 8.92. The summed E-state index contributed by atoms with van der Waals surface area (Å²) >= 11 is 6.25. The van der Waals surface area contributed by atoms with Crippen LogP contribution < -0.4 is 31.6 Å². The number of rotatable bonds is 20. The Morgan fingerprint density at radius 2 is 1.40 bits per heavy atom. The molecule has 8 rings (SSSR count). The molecule has 3 N–H and O–H groups in total. The molecule has 0 spiro atoms. The molecule has 0 amide bonds. The van der Waals surface area contributed by atoms with Gasteiger partial charge >= 0.3 is 5.69 Å². The summed E-state index contributed by atoms with van der Waals surface area (Å²) in [6.45, 7) is 15.9. The van der Waals surface area contributed by atoms with Crippen molar-refractivity contribution >= 4 is 43.7 Å². The molecular formula is C52H68N7O11PSSi. The third-order valence-electron chi connectivity index (χ3n) is 13.9. The topological polar surface area (TPSA) is 204 Å². The number of nitrogens with zero attached hydrogens (tertiary/aromatic N) is 4. The molecule has 73 heavy (non-hydrogen) atoms. The van der Waals surface area contributed by atoms with Crippen LogP contribution in [0.5, 0.6) is 11.5 Å². The minimum atomic E-state index is -3.18. The van der Waals surface area contributed by atoms with Crippen molar-refractivity contribution in [2.75, 3.05) is 46.0 Å². The minimum absolute atomic E-state index is 0.0220. The number of hydrogen-bond acceptors (Lipinski definition) is 15. The van der Waals surface area contributed by atoms with Crippen LogP contribution in [0.4, 0.5) is 5.95 Å².